The summed E-state index contributed by atoms with van der Waals surface area (Å²) < 4.78 is 10.6. The minimum absolute atomic E-state index is 0.224. The van der Waals surface area contributed by atoms with Crippen LogP contribution in [-0.4, -0.2) is 18.5 Å². The maximum Gasteiger partial charge on any atom is 0.363 e. The third kappa shape index (κ3) is 3.43. The first-order valence-electron chi connectivity index (χ1n) is 7.17. The van der Waals surface area contributed by atoms with Gasteiger partial charge in [0.1, 0.15) is 5.75 Å². The molecule has 1 aliphatic heterocycles. The van der Waals surface area contributed by atoms with Crippen LogP contribution in [0.2, 0.25) is 5.02 Å². The molecule has 2 aromatic rings. The number of carbonyl (C=O) groups is 1. The average molecular weight is 328 g/mol. The summed E-state index contributed by atoms with van der Waals surface area (Å²) in [5, 5.41) is 0.553. The molecule has 0 amide bonds. The molecule has 0 radical (unpaired) electrons. The summed E-state index contributed by atoms with van der Waals surface area (Å²) in [5.41, 5.74) is 1.66. The topological polar surface area (TPSA) is 47.9 Å². The first-order valence-corrected chi connectivity index (χ1v) is 7.55. The third-order valence-electron chi connectivity index (χ3n) is 3.23. The average Bonchev–Trinajstić information content (AvgIpc) is 2.92. The van der Waals surface area contributed by atoms with E-state index in [4.69, 9.17) is 21.1 Å². The normalized spacial score (nSPS) is 15.5. The van der Waals surface area contributed by atoms with Gasteiger partial charge in [0.15, 0.2) is 5.70 Å². The lowest BCUT2D eigenvalue weighted by molar-refractivity contribution is -0.129. The van der Waals surface area contributed by atoms with Gasteiger partial charge in [-0.15, -0.1) is 0 Å². The summed E-state index contributed by atoms with van der Waals surface area (Å²) in [6.07, 6.45) is 1.62. The van der Waals surface area contributed by atoms with E-state index in [0.29, 0.717) is 17.2 Å². The Morgan fingerprint density at radius 3 is 2.61 bits per heavy atom. The van der Waals surface area contributed by atoms with E-state index in [1.165, 1.54) is 0 Å². The van der Waals surface area contributed by atoms with Gasteiger partial charge < -0.3 is 9.47 Å². The van der Waals surface area contributed by atoms with E-state index in [1.54, 1.807) is 24.3 Å². The molecule has 2 aromatic carbocycles. The number of rotatable bonds is 4. The van der Waals surface area contributed by atoms with Crippen molar-refractivity contribution in [1.82, 2.24) is 0 Å². The van der Waals surface area contributed by atoms with E-state index in [-0.39, 0.29) is 11.6 Å². The molecule has 0 aliphatic carbocycles. The summed E-state index contributed by atoms with van der Waals surface area (Å²) in [7, 11) is 0. The van der Waals surface area contributed by atoms with Crippen LogP contribution >= 0.6 is 11.6 Å². The molecule has 23 heavy (non-hydrogen) atoms. The van der Waals surface area contributed by atoms with E-state index in [0.717, 1.165) is 11.3 Å². The Morgan fingerprint density at radius 2 is 1.91 bits per heavy atom. The van der Waals surface area contributed by atoms with E-state index in [2.05, 4.69) is 4.99 Å². The van der Waals surface area contributed by atoms with Crippen molar-refractivity contribution >= 4 is 29.5 Å². The predicted molar refractivity (Wildman–Crippen MR) is 89.7 cm³/mol. The predicted octanol–water partition coefficient (Wildman–Crippen LogP) is 4.08. The minimum atomic E-state index is -0.492. The van der Waals surface area contributed by atoms with E-state index < -0.39 is 5.97 Å². The lowest BCUT2D eigenvalue weighted by Crippen LogP contribution is -2.05. The van der Waals surface area contributed by atoms with Gasteiger partial charge in [-0.3, -0.25) is 0 Å². The number of cyclic esters (lactones) is 1. The zero-order valence-electron chi connectivity index (χ0n) is 12.5. The lowest BCUT2D eigenvalue weighted by atomic mass is 10.2. The Labute approximate surface area is 139 Å². The van der Waals surface area contributed by atoms with Gasteiger partial charge >= 0.3 is 5.97 Å². The van der Waals surface area contributed by atoms with Crippen LogP contribution in [0.4, 0.5) is 0 Å². The molecule has 3 rings (SSSR count). The van der Waals surface area contributed by atoms with Crippen molar-refractivity contribution in [3.63, 3.8) is 0 Å². The molecule has 0 N–H and O–H groups in total. The quantitative estimate of drug-likeness (QED) is 0.628. The molecule has 0 unspecified atom stereocenters. The van der Waals surface area contributed by atoms with E-state index in [9.17, 15) is 4.79 Å². The zero-order valence-corrected chi connectivity index (χ0v) is 13.2. The Bertz CT molecular complexity index is 794. The van der Waals surface area contributed by atoms with Gasteiger partial charge in [-0.05, 0) is 48.9 Å². The number of hydrogen-bond acceptors (Lipinski definition) is 4. The molecule has 0 bridgehead atoms. The van der Waals surface area contributed by atoms with E-state index in [1.807, 2.05) is 37.3 Å². The van der Waals surface area contributed by atoms with Gasteiger partial charge in [-0.25, -0.2) is 9.79 Å². The van der Waals surface area contributed by atoms with Crippen molar-refractivity contribution in [1.29, 1.82) is 0 Å². The Morgan fingerprint density at radius 1 is 1.17 bits per heavy atom. The van der Waals surface area contributed by atoms with Crippen LogP contribution in [-0.2, 0) is 9.53 Å². The third-order valence-corrected chi connectivity index (χ3v) is 3.57. The molecule has 0 saturated heterocycles. The van der Waals surface area contributed by atoms with Crippen molar-refractivity contribution in [3.8, 4) is 5.75 Å². The maximum absolute atomic E-state index is 12.0. The number of halogens is 1. The number of esters is 1. The molecular weight excluding hydrogens is 314 g/mol. The van der Waals surface area contributed by atoms with Gasteiger partial charge in [-0.1, -0.05) is 29.8 Å². The molecule has 1 heterocycles. The first-order chi connectivity index (χ1) is 11.2. The molecule has 1 aliphatic rings. The highest BCUT2D eigenvalue weighted by Crippen LogP contribution is 2.23. The monoisotopic (exact) mass is 327 g/mol. The Balaban J connectivity index is 1.88. The van der Waals surface area contributed by atoms with Gasteiger partial charge in [0.05, 0.1) is 6.61 Å². The molecule has 116 valence electrons. The summed E-state index contributed by atoms with van der Waals surface area (Å²) in [6.45, 7) is 2.52. The van der Waals surface area contributed by atoms with Crippen molar-refractivity contribution < 1.29 is 14.3 Å². The van der Waals surface area contributed by atoms with Crippen molar-refractivity contribution in [2.45, 2.75) is 6.92 Å². The number of benzene rings is 2. The summed E-state index contributed by atoms with van der Waals surface area (Å²) in [4.78, 5) is 16.2. The van der Waals surface area contributed by atoms with Gasteiger partial charge in [0.2, 0.25) is 5.90 Å². The lowest BCUT2D eigenvalue weighted by Gasteiger charge is -2.03. The molecular formula is C18H14ClNO3. The molecule has 4 nitrogen and oxygen atoms in total. The number of hydrogen-bond donors (Lipinski definition) is 0. The fourth-order valence-electron chi connectivity index (χ4n) is 2.13. The van der Waals surface area contributed by atoms with Crippen molar-refractivity contribution in [2.75, 3.05) is 6.61 Å². The first kappa shape index (κ1) is 15.3. The molecule has 0 spiro atoms. The smallest absolute Gasteiger partial charge is 0.363 e. The molecule has 0 atom stereocenters. The second-order valence-electron chi connectivity index (χ2n) is 4.81. The van der Waals surface area contributed by atoms with Crippen molar-refractivity contribution in [3.05, 3.63) is 70.4 Å². The number of nitrogens with zero attached hydrogens (tertiary/aromatic N) is 1. The molecule has 5 heteroatoms. The molecule has 0 fully saturated rings. The minimum Gasteiger partial charge on any atom is -0.494 e. The maximum atomic E-state index is 12.0. The van der Waals surface area contributed by atoms with Gasteiger partial charge in [-0.2, -0.15) is 0 Å². The summed E-state index contributed by atoms with van der Waals surface area (Å²) >= 11 is 6.09. The summed E-state index contributed by atoms with van der Waals surface area (Å²) in [5.74, 6) is 0.540. The standard InChI is InChI=1S/C18H14ClNO3/c1-2-22-14-9-7-12(8-10-14)17-20-16(18(21)23-17)11-13-5-3-4-6-15(13)19/h3-11H,2H2,1H3/b16-11-. The highest BCUT2D eigenvalue weighted by Gasteiger charge is 2.24. The summed E-state index contributed by atoms with van der Waals surface area (Å²) in [6, 6.07) is 14.5. The second kappa shape index (κ2) is 6.67. The van der Waals surface area contributed by atoms with Crippen molar-refractivity contribution in [2.24, 2.45) is 4.99 Å². The van der Waals surface area contributed by atoms with Crippen LogP contribution in [0.5, 0.6) is 5.75 Å². The highest BCUT2D eigenvalue weighted by atomic mass is 35.5. The van der Waals surface area contributed by atoms with E-state index >= 15 is 0 Å². The Kier molecular flexibility index (Phi) is 4.44. The fourth-order valence-corrected chi connectivity index (χ4v) is 2.32. The molecule has 0 aromatic heterocycles. The van der Waals surface area contributed by atoms with Gasteiger partial charge in [0, 0.05) is 10.6 Å². The van der Waals surface area contributed by atoms with Gasteiger partial charge in [0.25, 0.3) is 0 Å². The van der Waals surface area contributed by atoms with Crippen LogP contribution in [0, 0.1) is 0 Å². The Hall–Kier alpha value is -2.59. The largest absolute Gasteiger partial charge is 0.494 e. The van der Waals surface area contributed by atoms with Crippen LogP contribution < -0.4 is 4.74 Å². The number of carbonyl (C=O) groups excluding carboxylic acids is 1. The van der Waals surface area contributed by atoms with Crippen LogP contribution in [0.3, 0.4) is 0 Å². The fraction of sp³-hybridized carbons (Fsp3) is 0.111. The number of ether oxygens (including phenoxy) is 2. The van der Waals surface area contributed by atoms with Crippen LogP contribution in [0.1, 0.15) is 18.1 Å². The highest BCUT2D eigenvalue weighted by molar-refractivity contribution is 6.32. The van der Waals surface area contributed by atoms with Crippen LogP contribution in [0.15, 0.2) is 59.2 Å². The SMILES string of the molecule is CCOc1ccc(C2=N/C(=C\c3ccccc3Cl)C(=O)O2)cc1. The second-order valence-corrected chi connectivity index (χ2v) is 5.22. The number of aliphatic imine (C=N–C) groups is 1. The van der Waals surface area contributed by atoms with Crippen LogP contribution in [0.25, 0.3) is 6.08 Å². The molecule has 0 saturated carbocycles. The zero-order chi connectivity index (χ0) is 16.2.